The van der Waals surface area contributed by atoms with Crippen LogP contribution in [0.2, 0.25) is 0 Å². The summed E-state index contributed by atoms with van der Waals surface area (Å²) in [4.78, 5) is 4.80. The molecule has 1 aromatic rings. The maximum atomic E-state index is 12.3. The summed E-state index contributed by atoms with van der Waals surface area (Å²) in [7, 11) is -2.00. The fourth-order valence-electron chi connectivity index (χ4n) is 2.44. The van der Waals surface area contributed by atoms with Crippen LogP contribution in [0.5, 0.6) is 0 Å². The molecule has 7 nitrogen and oxygen atoms in total. The third-order valence-electron chi connectivity index (χ3n) is 3.89. The van der Waals surface area contributed by atoms with Crippen LogP contribution in [0, 0.1) is 0 Å². The predicted octanol–water partition coefficient (Wildman–Crippen LogP) is 2.86. The molecule has 0 aromatic heterocycles. The van der Waals surface area contributed by atoms with Crippen LogP contribution in [0.3, 0.4) is 0 Å². The van der Waals surface area contributed by atoms with Gasteiger partial charge in [0.1, 0.15) is 0 Å². The highest BCUT2D eigenvalue weighted by Gasteiger charge is 2.13. The van der Waals surface area contributed by atoms with Crippen molar-refractivity contribution < 1.29 is 13.2 Å². The zero-order chi connectivity index (χ0) is 20.0. The number of rotatable bonds is 13. The molecule has 0 saturated carbocycles. The van der Waals surface area contributed by atoms with E-state index in [2.05, 4.69) is 27.3 Å². The molecule has 1 aromatic carbocycles. The number of methoxy groups -OCH3 is 1. The number of guanidine groups is 1. The van der Waals surface area contributed by atoms with Gasteiger partial charge in [0, 0.05) is 26.7 Å². The van der Waals surface area contributed by atoms with Crippen molar-refractivity contribution in [3.05, 3.63) is 29.8 Å². The van der Waals surface area contributed by atoms with Crippen LogP contribution >= 0.6 is 24.0 Å². The first-order valence-electron chi connectivity index (χ1n) is 9.63. The van der Waals surface area contributed by atoms with Crippen LogP contribution in [0.4, 0.5) is 0 Å². The van der Waals surface area contributed by atoms with Gasteiger partial charge < -0.3 is 15.4 Å². The van der Waals surface area contributed by atoms with Crippen molar-refractivity contribution in [2.75, 3.05) is 33.4 Å². The number of unbranched alkanes of at least 4 members (excludes halogenated alkanes) is 3. The van der Waals surface area contributed by atoms with E-state index in [0.29, 0.717) is 13.2 Å². The highest BCUT2D eigenvalue weighted by Crippen LogP contribution is 2.12. The molecule has 0 aliphatic rings. The molecule has 0 unspecified atom stereocenters. The molecular formula is C19H35IN4O3S. The van der Waals surface area contributed by atoms with E-state index in [9.17, 15) is 8.42 Å². The van der Waals surface area contributed by atoms with Crippen LogP contribution in [0.15, 0.2) is 34.2 Å². The minimum atomic E-state index is -3.54. The summed E-state index contributed by atoms with van der Waals surface area (Å²) < 4.78 is 32.0. The largest absolute Gasteiger partial charge is 0.383 e. The highest BCUT2D eigenvalue weighted by molar-refractivity contribution is 14.0. The molecule has 3 N–H and O–H groups in total. The average molecular weight is 526 g/mol. The second-order valence-electron chi connectivity index (χ2n) is 6.22. The van der Waals surface area contributed by atoms with Gasteiger partial charge in [0.15, 0.2) is 5.96 Å². The number of nitrogens with zero attached hydrogens (tertiary/aromatic N) is 1. The molecule has 9 heteroatoms. The zero-order valence-electron chi connectivity index (χ0n) is 17.2. The van der Waals surface area contributed by atoms with Gasteiger partial charge in [-0.05, 0) is 31.0 Å². The first-order chi connectivity index (χ1) is 13.0. The van der Waals surface area contributed by atoms with Crippen molar-refractivity contribution in [1.29, 1.82) is 0 Å². The number of hydrogen-bond donors (Lipinski definition) is 3. The SMILES string of the molecule is CCCCCCNC(=NCc1cccc(S(=O)(=O)NCCOC)c1)NCC.I. The van der Waals surface area contributed by atoms with E-state index in [4.69, 9.17) is 4.74 Å². The molecule has 28 heavy (non-hydrogen) atoms. The molecule has 0 saturated heterocycles. The van der Waals surface area contributed by atoms with Crippen molar-refractivity contribution >= 4 is 40.0 Å². The van der Waals surface area contributed by atoms with E-state index < -0.39 is 10.0 Å². The van der Waals surface area contributed by atoms with Gasteiger partial charge in [-0.1, -0.05) is 38.3 Å². The number of sulfonamides is 1. The fourth-order valence-corrected chi connectivity index (χ4v) is 3.53. The van der Waals surface area contributed by atoms with Gasteiger partial charge in [0.25, 0.3) is 0 Å². The van der Waals surface area contributed by atoms with Gasteiger partial charge in [-0.15, -0.1) is 24.0 Å². The topological polar surface area (TPSA) is 91.8 Å². The number of aliphatic imine (C=N–C) groups is 1. The number of halogens is 1. The quantitative estimate of drug-likeness (QED) is 0.159. The summed E-state index contributed by atoms with van der Waals surface area (Å²) in [6, 6.07) is 6.85. The molecule has 162 valence electrons. The molecule has 0 bridgehead atoms. The Bertz CT molecular complexity index is 669. The Hall–Kier alpha value is -0.910. The Kier molecular flexibility index (Phi) is 15.4. The normalized spacial score (nSPS) is 11.8. The molecule has 0 aliphatic heterocycles. The Labute approximate surface area is 187 Å². The lowest BCUT2D eigenvalue weighted by Gasteiger charge is -2.11. The lowest BCUT2D eigenvalue weighted by Crippen LogP contribution is -2.37. The Balaban J connectivity index is 0.00000729. The minimum absolute atomic E-state index is 0. The number of ether oxygens (including phenoxy) is 1. The van der Waals surface area contributed by atoms with Crippen LogP contribution in [-0.4, -0.2) is 47.7 Å². The van der Waals surface area contributed by atoms with Gasteiger partial charge in [-0.2, -0.15) is 0 Å². The second-order valence-corrected chi connectivity index (χ2v) is 7.99. The summed E-state index contributed by atoms with van der Waals surface area (Å²) in [5, 5.41) is 6.54. The lowest BCUT2D eigenvalue weighted by atomic mass is 10.2. The molecule has 0 atom stereocenters. The van der Waals surface area contributed by atoms with Crippen LogP contribution in [0.25, 0.3) is 0 Å². The van der Waals surface area contributed by atoms with Gasteiger partial charge in [0.2, 0.25) is 10.0 Å². The molecular weight excluding hydrogens is 491 g/mol. The summed E-state index contributed by atoms with van der Waals surface area (Å²) >= 11 is 0. The van der Waals surface area contributed by atoms with Crippen LogP contribution in [-0.2, 0) is 21.3 Å². The van der Waals surface area contributed by atoms with Crippen LogP contribution < -0.4 is 15.4 Å². The third kappa shape index (κ3) is 11.2. The predicted molar refractivity (Wildman–Crippen MR) is 126 cm³/mol. The van der Waals surface area contributed by atoms with E-state index in [1.54, 1.807) is 18.2 Å². The molecule has 0 spiro atoms. The van der Waals surface area contributed by atoms with Gasteiger partial charge >= 0.3 is 0 Å². The number of nitrogens with one attached hydrogen (secondary N) is 3. The van der Waals surface area contributed by atoms with Crippen molar-refractivity contribution in [3.8, 4) is 0 Å². The van der Waals surface area contributed by atoms with Crippen molar-refractivity contribution in [1.82, 2.24) is 15.4 Å². The number of benzene rings is 1. The highest BCUT2D eigenvalue weighted by atomic mass is 127. The van der Waals surface area contributed by atoms with E-state index >= 15 is 0 Å². The van der Waals surface area contributed by atoms with Crippen molar-refractivity contribution in [2.24, 2.45) is 4.99 Å². The van der Waals surface area contributed by atoms with Gasteiger partial charge in [-0.25, -0.2) is 18.1 Å². The smallest absolute Gasteiger partial charge is 0.240 e. The zero-order valence-corrected chi connectivity index (χ0v) is 20.3. The molecule has 0 amide bonds. The third-order valence-corrected chi connectivity index (χ3v) is 5.35. The van der Waals surface area contributed by atoms with E-state index in [1.165, 1.54) is 26.4 Å². The molecule has 0 heterocycles. The average Bonchev–Trinajstić information content (AvgIpc) is 2.66. The van der Waals surface area contributed by atoms with Gasteiger partial charge in [0.05, 0.1) is 18.0 Å². The second kappa shape index (κ2) is 15.9. The summed E-state index contributed by atoms with van der Waals surface area (Å²) in [6.45, 7) is 6.86. The Morgan fingerprint density at radius 2 is 1.89 bits per heavy atom. The monoisotopic (exact) mass is 526 g/mol. The van der Waals surface area contributed by atoms with E-state index in [-0.39, 0.29) is 35.4 Å². The maximum Gasteiger partial charge on any atom is 0.240 e. The summed E-state index contributed by atoms with van der Waals surface area (Å²) in [6.07, 6.45) is 4.78. The fraction of sp³-hybridized carbons (Fsp3) is 0.632. The number of hydrogen-bond acceptors (Lipinski definition) is 4. The Morgan fingerprint density at radius 1 is 1.11 bits per heavy atom. The Morgan fingerprint density at radius 3 is 2.57 bits per heavy atom. The minimum Gasteiger partial charge on any atom is -0.383 e. The molecule has 1 rings (SSSR count). The summed E-state index contributed by atoms with van der Waals surface area (Å²) in [5.74, 6) is 0.750. The van der Waals surface area contributed by atoms with E-state index in [0.717, 1.165) is 31.0 Å². The van der Waals surface area contributed by atoms with E-state index in [1.807, 2.05) is 13.0 Å². The van der Waals surface area contributed by atoms with Crippen LogP contribution in [0.1, 0.15) is 45.1 Å². The molecule has 0 aliphatic carbocycles. The maximum absolute atomic E-state index is 12.3. The first-order valence-corrected chi connectivity index (χ1v) is 11.1. The van der Waals surface area contributed by atoms with Gasteiger partial charge in [-0.3, -0.25) is 0 Å². The lowest BCUT2D eigenvalue weighted by molar-refractivity contribution is 0.204. The first kappa shape index (κ1) is 27.1. The van der Waals surface area contributed by atoms with Crippen molar-refractivity contribution in [3.63, 3.8) is 0 Å². The summed E-state index contributed by atoms with van der Waals surface area (Å²) in [5.41, 5.74) is 0.841. The molecule has 0 fully saturated rings. The van der Waals surface area contributed by atoms with Crippen molar-refractivity contribution in [2.45, 2.75) is 51.0 Å². The molecule has 0 radical (unpaired) electrons. The standard InChI is InChI=1S/C19H34N4O3S.HI/c1-4-6-7-8-12-21-19(20-5-2)22-16-17-10-9-11-18(15-17)27(24,25)23-13-14-26-3;/h9-11,15,23H,4-8,12-14,16H2,1-3H3,(H2,20,21,22);1H.